The molecule has 124 valence electrons. The molecule has 1 aromatic carbocycles. The number of carbonyl (C=O) groups is 1. The third-order valence-electron chi connectivity index (χ3n) is 3.82. The Labute approximate surface area is 137 Å². The predicted molar refractivity (Wildman–Crippen MR) is 93.8 cm³/mol. The van der Waals surface area contributed by atoms with Gasteiger partial charge in [0, 0.05) is 24.5 Å². The van der Waals surface area contributed by atoms with Gasteiger partial charge in [-0.1, -0.05) is 0 Å². The lowest BCUT2D eigenvalue weighted by Crippen LogP contribution is -2.29. The van der Waals surface area contributed by atoms with Crippen LogP contribution in [0.1, 0.15) is 25.2 Å². The van der Waals surface area contributed by atoms with Crippen molar-refractivity contribution >= 4 is 17.3 Å². The second-order valence-electron chi connectivity index (χ2n) is 5.38. The van der Waals surface area contributed by atoms with Gasteiger partial charge in [-0.25, -0.2) is 0 Å². The molecule has 23 heavy (non-hydrogen) atoms. The fraction of sp³-hybridized carbons (Fsp3) is 0.389. The number of aryl methyl sites for hydroxylation is 1. The van der Waals surface area contributed by atoms with Crippen LogP contribution in [0.15, 0.2) is 41.0 Å². The molecule has 0 atom stereocenters. The normalized spacial score (nSPS) is 10.4. The molecule has 0 spiro atoms. The number of nitrogens with one attached hydrogen (secondary N) is 2. The first-order valence-corrected chi connectivity index (χ1v) is 8.02. The number of amides is 1. The van der Waals surface area contributed by atoms with Gasteiger partial charge in [0.05, 0.1) is 19.4 Å². The Morgan fingerprint density at radius 3 is 2.61 bits per heavy atom. The lowest BCUT2D eigenvalue weighted by atomic mass is 10.1. The molecule has 0 aliphatic carbocycles. The molecule has 0 unspecified atom stereocenters. The lowest BCUT2D eigenvalue weighted by molar-refractivity contribution is -0.119. The Bertz CT molecular complexity index is 619. The summed E-state index contributed by atoms with van der Waals surface area (Å²) in [6, 6.07) is 9.91. The average Bonchev–Trinajstić information content (AvgIpc) is 3.07. The minimum atomic E-state index is -0.0615. The molecule has 5 nitrogen and oxygen atoms in total. The van der Waals surface area contributed by atoms with Crippen molar-refractivity contribution in [2.45, 2.75) is 27.3 Å². The summed E-state index contributed by atoms with van der Waals surface area (Å²) in [4.78, 5) is 14.2. The van der Waals surface area contributed by atoms with Gasteiger partial charge in [0.15, 0.2) is 0 Å². The van der Waals surface area contributed by atoms with Gasteiger partial charge in [-0.2, -0.15) is 0 Å². The average molecular weight is 315 g/mol. The lowest BCUT2D eigenvalue weighted by Gasteiger charge is -2.22. The highest BCUT2D eigenvalue weighted by atomic mass is 16.3. The summed E-state index contributed by atoms with van der Waals surface area (Å²) in [6.45, 7) is 8.97. The minimum absolute atomic E-state index is 0.0615. The van der Waals surface area contributed by atoms with Crippen LogP contribution in [0.25, 0.3) is 0 Å². The molecular weight excluding hydrogens is 290 g/mol. The Kier molecular flexibility index (Phi) is 6.09. The number of hydrogen-bond acceptors (Lipinski definition) is 4. The number of nitrogens with zero attached hydrogens (tertiary/aromatic N) is 1. The highest BCUT2D eigenvalue weighted by Gasteiger charge is 2.07. The highest BCUT2D eigenvalue weighted by Crippen LogP contribution is 2.22. The van der Waals surface area contributed by atoms with E-state index in [-0.39, 0.29) is 12.5 Å². The molecule has 1 heterocycles. The summed E-state index contributed by atoms with van der Waals surface area (Å²) in [5.74, 6) is 0.687. The molecule has 1 amide bonds. The largest absolute Gasteiger partial charge is 0.467 e. The maximum atomic E-state index is 11.9. The molecule has 2 N–H and O–H groups in total. The molecule has 2 rings (SSSR count). The molecule has 2 aromatic rings. The zero-order chi connectivity index (χ0) is 16.7. The summed E-state index contributed by atoms with van der Waals surface area (Å²) >= 11 is 0. The number of benzene rings is 1. The van der Waals surface area contributed by atoms with E-state index in [1.165, 1.54) is 5.69 Å². The number of anilines is 2. The topological polar surface area (TPSA) is 57.5 Å². The van der Waals surface area contributed by atoms with E-state index in [1.54, 1.807) is 12.3 Å². The molecule has 0 fully saturated rings. The maximum absolute atomic E-state index is 11.9. The van der Waals surface area contributed by atoms with Crippen LogP contribution >= 0.6 is 0 Å². The summed E-state index contributed by atoms with van der Waals surface area (Å²) in [7, 11) is 0. The second-order valence-corrected chi connectivity index (χ2v) is 5.38. The molecule has 0 aliphatic rings. The van der Waals surface area contributed by atoms with Crippen molar-refractivity contribution < 1.29 is 9.21 Å². The standard InChI is InChI=1S/C18H25N3O2/c1-4-21(5-2)15-8-9-17(14(3)11-15)19-13-18(22)20-12-16-7-6-10-23-16/h6-11,19H,4-5,12-13H2,1-3H3,(H,20,22). The smallest absolute Gasteiger partial charge is 0.239 e. The molecule has 0 saturated heterocycles. The predicted octanol–water partition coefficient (Wildman–Crippen LogP) is 3.16. The van der Waals surface area contributed by atoms with Crippen LogP contribution in [0.4, 0.5) is 11.4 Å². The highest BCUT2D eigenvalue weighted by molar-refractivity contribution is 5.81. The van der Waals surface area contributed by atoms with E-state index in [1.807, 2.05) is 12.1 Å². The molecule has 5 heteroatoms. The third kappa shape index (κ3) is 4.77. The van der Waals surface area contributed by atoms with Crippen molar-refractivity contribution in [3.8, 4) is 0 Å². The van der Waals surface area contributed by atoms with E-state index in [2.05, 4.69) is 48.4 Å². The quantitative estimate of drug-likeness (QED) is 0.785. The molecule has 0 saturated carbocycles. The Morgan fingerprint density at radius 1 is 1.22 bits per heavy atom. The number of rotatable bonds is 8. The third-order valence-corrected chi connectivity index (χ3v) is 3.82. The van der Waals surface area contributed by atoms with Crippen LogP contribution in [0.2, 0.25) is 0 Å². The van der Waals surface area contributed by atoms with Gasteiger partial charge in [0.2, 0.25) is 5.91 Å². The van der Waals surface area contributed by atoms with Crippen molar-refractivity contribution in [1.29, 1.82) is 0 Å². The van der Waals surface area contributed by atoms with Crippen molar-refractivity contribution in [3.63, 3.8) is 0 Å². The van der Waals surface area contributed by atoms with Crippen LogP contribution in [-0.4, -0.2) is 25.5 Å². The summed E-state index contributed by atoms with van der Waals surface area (Å²) < 4.78 is 5.18. The van der Waals surface area contributed by atoms with Gasteiger partial charge in [0.25, 0.3) is 0 Å². The summed E-state index contributed by atoms with van der Waals surface area (Å²) in [5.41, 5.74) is 3.32. The van der Waals surface area contributed by atoms with Crippen LogP contribution in [-0.2, 0) is 11.3 Å². The van der Waals surface area contributed by atoms with Crippen LogP contribution in [0, 0.1) is 6.92 Å². The second kappa shape index (κ2) is 8.27. The first-order valence-electron chi connectivity index (χ1n) is 8.02. The van der Waals surface area contributed by atoms with Gasteiger partial charge in [0.1, 0.15) is 5.76 Å². The van der Waals surface area contributed by atoms with Gasteiger partial charge >= 0.3 is 0 Å². The van der Waals surface area contributed by atoms with E-state index >= 15 is 0 Å². The van der Waals surface area contributed by atoms with E-state index in [4.69, 9.17) is 4.42 Å². The molecular formula is C18H25N3O2. The van der Waals surface area contributed by atoms with Crippen molar-refractivity contribution in [2.75, 3.05) is 29.9 Å². The zero-order valence-corrected chi connectivity index (χ0v) is 14.1. The van der Waals surface area contributed by atoms with Crippen molar-refractivity contribution in [1.82, 2.24) is 5.32 Å². The number of carbonyl (C=O) groups excluding carboxylic acids is 1. The van der Waals surface area contributed by atoms with Gasteiger partial charge in [-0.05, 0) is 56.7 Å². The van der Waals surface area contributed by atoms with Gasteiger partial charge in [-0.15, -0.1) is 0 Å². The van der Waals surface area contributed by atoms with E-state index in [0.29, 0.717) is 6.54 Å². The van der Waals surface area contributed by atoms with Crippen molar-refractivity contribution in [2.24, 2.45) is 0 Å². The Balaban J connectivity index is 1.86. The van der Waals surface area contributed by atoms with Crippen LogP contribution in [0.3, 0.4) is 0 Å². The van der Waals surface area contributed by atoms with Crippen molar-refractivity contribution in [3.05, 3.63) is 47.9 Å². The SMILES string of the molecule is CCN(CC)c1ccc(NCC(=O)NCc2ccco2)c(C)c1. The maximum Gasteiger partial charge on any atom is 0.239 e. The number of hydrogen-bond donors (Lipinski definition) is 2. The fourth-order valence-electron chi connectivity index (χ4n) is 2.47. The zero-order valence-electron chi connectivity index (χ0n) is 14.1. The number of furan rings is 1. The Morgan fingerprint density at radius 2 is 2.00 bits per heavy atom. The monoisotopic (exact) mass is 315 g/mol. The Hall–Kier alpha value is -2.43. The van der Waals surface area contributed by atoms with Gasteiger partial charge < -0.3 is 20.0 Å². The van der Waals surface area contributed by atoms with E-state index in [9.17, 15) is 4.79 Å². The molecule has 0 aliphatic heterocycles. The minimum Gasteiger partial charge on any atom is -0.467 e. The fourth-order valence-corrected chi connectivity index (χ4v) is 2.47. The molecule has 1 aromatic heterocycles. The summed E-state index contributed by atoms with van der Waals surface area (Å²) in [5, 5.41) is 6.00. The van der Waals surface area contributed by atoms with Crippen LogP contribution in [0.5, 0.6) is 0 Å². The molecule has 0 radical (unpaired) electrons. The van der Waals surface area contributed by atoms with E-state index < -0.39 is 0 Å². The van der Waals surface area contributed by atoms with E-state index in [0.717, 1.165) is 30.1 Å². The summed E-state index contributed by atoms with van der Waals surface area (Å²) in [6.07, 6.45) is 1.60. The first kappa shape index (κ1) is 16.9. The first-order chi connectivity index (χ1) is 11.1. The molecule has 0 bridgehead atoms. The van der Waals surface area contributed by atoms with Gasteiger partial charge in [-0.3, -0.25) is 4.79 Å². The van der Waals surface area contributed by atoms with Crippen LogP contribution < -0.4 is 15.5 Å².